The Morgan fingerprint density at radius 3 is 2.03 bits per heavy atom. The van der Waals surface area contributed by atoms with E-state index in [0.717, 1.165) is 24.2 Å². The van der Waals surface area contributed by atoms with Crippen molar-refractivity contribution in [1.82, 2.24) is 0 Å². The van der Waals surface area contributed by atoms with E-state index >= 15 is 0 Å². The van der Waals surface area contributed by atoms with E-state index in [9.17, 15) is 9.59 Å². The van der Waals surface area contributed by atoms with Gasteiger partial charge in [0, 0.05) is 14.2 Å². The number of anilines is 1. The second-order valence-electron chi connectivity index (χ2n) is 7.99. The lowest BCUT2D eigenvalue weighted by Crippen LogP contribution is -2.19. The summed E-state index contributed by atoms with van der Waals surface area (Å²) in [6, 6.07) is 13.8. The highest BCUT2D eigenvalue weighted by atomic mass is 16.7. The zero-order valence-corrected chi connectivity index (χ0v) is 21.3. The molecule has 0 aromatic heterocycles. The molecule has 0 radical (unpaired) electrons. The van der Waals surface area contributed by atoms with Gasteiger partial charge in [0.05, 0.1) is 12.3 Å². The molecule has 0 aliphatic carbocycles. The number of methoxy groups -OCH3 is 2. The first-order valence-electron chi connectivity index (χ1n) is 11.9. The number of ether oxygens (including phenoxy) is 5. The van der Waals surface area contributed by atoms with Crippen molar-refractivity contribution in [2.24, 2.45) is 0 Å². The number of rotatable bonds is 15. The number of esters is 1. The van der Waals surface area contributed by atoms with Crippen molar-refractivity contribution in [3.63, 3.8) is 0 Å². The summed E-state index contributed by atoms with van der Waals surface area (Å²) in [4.78, 5) is 24.2. The van der Waals surface area contributed by atoms with Gasteiger partial charge < -0.3 is 29.0 Å². The lowest BCUT2D eigenvalue weighted by Gasteiger charge is -2.27. The summed E-state index contributed by atoms with van der Waals surface area (Å²) >= 11 is 0. The number of carbonyl (C=O) groups excluding carboxylic acids is 2. The van der Waals surface area contributed by atoms with Crippen molar-refractivity contribution in [2.45, 2.75) is 51.9 Å². The molecule has 2 aromatic carbocycles. The van der Waals surface area contributed by atoms with Gasteiger partial charge in [-0.15, -0.1) is 0 Å². The highest BCUT2D eigenvalue weighted by Gasteiger charge is 2.24. The minimum absolute atomic E-state index is 0.0341. The summed E-state index contributed by atoms with van der Waals surface area (Å²) in [6.45, 7) is 6.48. The Morgan fingerprint density at radius 2 is 1.43 bits per heavy atom. The van der Waals surface area contributed by atoms with Crippen molar-refractivity contribution in [1.29, 1.82) is 0 Å². The van der Waals surface area contributed by atoms with E-state index in [2.05, 4.69) is 31.3 Å². The van der Waals surface area contributed by atoms with Gasteiger partial charge in [-0.25, -0.2) is 0 Å². The molecule has 192 valence electrons. The van der Waals surface area contributed by atoms with Crippen LogP contribution in [0.4, 0.5) is 5.69 Å². The van der Waals surface area contributed by atoms with E-state index in [1.54, 1.807) is 14.0 Å². The fourth-order valence-electron chi connectivity index (χ4n) is 4.10. The van der Waals surface area contributed by atoms with Crippen LogP contribution in [0, 0.1) is 0 Å². The number of benzene rings is 2. The average molecular weight is 488 g/mol. The standard InChI is InChI=1S/C27H37NO7/c1-6-22(19-9-12-21(13-10-19)34-17-31-4)23(7-2)20-11-14-25(35-18-32-5)24(15-20)28-26(29)16-27(30)33-8-3/h9-15,22-23H,6-8,16-18H2,1-5H3,(H,28,29). The van der Waals surface area contributed by atoms with Crippen LogP contribution in [0.5, 0.6) is 11.5 Å². The lowest BCUT2D eigenvalue weighted by molar-refractivity contribution is -0.145. The number of amides is 1. The van der Waals surface area contributed by atoms with Crippen LogP contribution < -0.4 is 14.8 Å². The molecule has 35 heavy (non-hydrogen) atoms. The fourth-order valence-corrected chi connectivity index (χ4v) is 4.10. The van der Waals surface area contributed by atoms with Crippen molar-refractivity contribution in [3.05, 3.63) is 53.6 Å². The van der Waals surface area contributed by atoms with Crippen LogP contribution in [0.1, 0.15) is 63.0 Å². The molecule has 1 N–H and O–H groups in total. The molecule has 2 unspecified atom stereocenters. The van der Waals surface area contributed by atoms with Gasteiger partial charge in [0.2, 0.25) is 5.91 Å². The molecule has 1 amide bonds. The van der Waals surface area contributed by atoms with Gasteiger partial charge in [0.15, 0.2) is 13.6 Å². The quantitative estimate of drug-likeness (QED) is 0.209. The fraction of sp³-hybridized carbons (Fsp3) is 0.481. The van der Waals surface area contributed by atoms with Crippen LogP contribution in [0.3, 0.4) is 0 Å². The first-order chi connectivity index (χ1) is 17.0. The summed E-state index contributed by atoms with van der Waals surface area (Å²) < 4.78 is 26.0. The first-order valence-corrected chi connectivity index (χ1v) is 11.9. The predicted molar refractivity (Wildman–Crippen MR) is 134 cm³/mol. The summed E-state index contributed by atoms with van der Waals surface area (Å²) in [5.41, 5.74) is 2.76. The Morgan fingerprint density at radius 1 is 0.829 bits per heavy atom. The Labute approximate surface area is 207 Å². The zero-order chi connectivity index (χ0) is 25.6. The van der Waals surface area contributed by atoms with Gasteiger partial charge in [0.1, 0.15) is 17.9 Å². The maximum atomic E-state index is 12.5. The summed E-state index contributed by atoms with van der Waals surface area (Å²) in [5.74, 6) is 0.638. The van der Waals surface area contributed by atoms with Gasteiger partial charge >= 0.3 is 5.97 Å². The van der Waals surface area contributed by atoms with Gasteiger partial charge in [-0.3, -0.25) is 9.59 Å². The van der Waals surface area contributed by atoms with Gasteiger partial charge in [0.25, 0.3) is 0 Å². The Kier molecular flexibility index (Phi) is 12.1. The molecule has 0 fully saturated rings. The molecule has 0 bridgehead atoms. The van der Waals surface area contributed by atoms with Crippen LogP contribution in [0.15, 0.2) is 42.5 Å². The third-order valence-electron chi connectivity index (χ3n) is 5.67. The molecule has 2 atom stereocenters. The molecular weight excluding hydrogens is 450 g/mol. The molecule has 0 aliphatic rings. The predicted octanol–water partition coefficient (Wildman–Crippen LogP) is 5.23. The minimum atomic E-state index is -0.573. The van der Waals surface area contributed by atoms with E-state index < -0.39 is 11.9 Å². The topological polar surface area (TPSA) is 92.3 Å². The van der Waals surface area contributed by atoms with Gasteiger partial charge in [-0.05, 0) is 67.0 Å². The lowest BCUT2D eigenvalue weighted by atomic mass is 9.78. The summed E-state index contributed by atoms with van der Waals surface area (Å²) in [5, 5.41) is 2.80. The maximum absolute atomic E-state index is 12.5. The third kappa shape index (κ3) is 8.56. The second-order valence-corrected chi connectivity index (χ2v) is 7.99. The van der Waals surface area contributed by atoms with Gasteiger partial charge in [-0.2, -0.15) is 0 Å². The molecule has 8 nitrogen and oxygen atoms in total. The van der Waals surface area contributed by atoms with Crippen molar-refractivity contribution < 1.29 is 33.3 Å². The van der Waals surface area contributed by atoms with E-state index in [0.29, 0.717) is 11.4 Å². The van der Waals surface area contributed by atoms with Crippen LogP contribution in [-0.2, 0) is 23.8 Å². The maximum Gasteiger partial charge on any atom is 0.315 e. The van der Waals surface area contributed by atoms with E-state index in [-0.39, 0.29) is 38.4 Å². The van der Waals surface area contributed by atoms with E-state index in [4.69, 9.17) is 23.7 Å². The van der Waals surface area contributed by atoms with Crippen LogP contribution in [0.25, 0.3) is 0 Å². The highest BCUT2D eigenvalue weighted by Crippen LogP contribution is 2.40. The highest BCUT2D eigenvalue weighted by molar-refractivity contribution is 6.02. The number of hydrogen-bond donors (Lipinski definition) is 1. The van der Waals surface area contributed by atoms with E-state index in [1.165, 1.54) is 12.7 Å². The Balaban J connectivity index is 2.31. The SMILES string of the molecule is CCOC(=O)CC(=O)Nc1cc(C(CC)C(CC)c2ccc(OCOC)cc2)ccc1OCOC. The molecule has 0 aliphatic heterocycles. The number of hydrogen-bond acceptors (Lipinski definition) is 7. The molecule has 8 heteroatoms. The summed E-state index contributed by atoms with van der Waals surface area (Å²) in [6.07, 6.45) is 1.46. The molecule has 2 aromatic rings. The molecule has 0 heterocycles. The largest absolute Gasteiger partial charge is 0.468 e. The molecule has 2 rings (SSSR count). The molecule has 0 saturated heterocycles. The smallest absolute Gasteiger partial charge is 0.315 e. The average Bonchev–Trinajstić information content (AvgIpc) is 2.85. The third-order valence-corrected chi connectivity index (χ3v) is 5.67. The second kappa shape index (κ2) is 15.0. The first kappa shape index (κ1) is 28.1. The Bertz CT molecular complexity index is 930. The summed E-state index contributed by atoms with van der Waals surface area (Å²) in [7, 11) is 3.12. The number of carbonyl (C=O) groups is 2. The van der Waals surface area contributed by atoms with Crippen LogP contribution in [0.2, 0.25) is 0 Å². The normalized spacial score (nSPS) is 12.5. The molecule has 0 saturated carbocycles. The number of nitrogens with one attached hydrogen (secondary N) is 1. The van der Waals surface area contributed by atoms with Crippen LogP contribution in [-0.4, -0.2) is 46.3 Å². The monoisotopic (exact) mass is 487 g/mol. The molecular formula is C27H37NO7. The Hall–Kier alpha value is -3.10. The van der Waals surface area contributed by atoms with Crippen molar-refractivity contribution in [2.75, 3.05) is 39.7 Å². The van der Waals surface area contributed by atoms with Crippen molar-refractivity contribution >= 4 is 17.6 Å². The van der Waals surface area contributed by atoms with E-state index in [1.807, 2.05) is 30.3 Å². The van der Waals surface area contributed by atoms with Gasteiger partial charge in [-0.1, -0.05) is 32.0 Å². The zero-order valence-electron chi connectivity index (χ0n) is 21.3. The van der Waals surface area contributed by atoms with Crippen molar-refractivity contribution in [3.8, 4) is 11.5 Å². The minimum Gasteiger partial charge on any atom is -0.468 e. The molecule has 0 spiro atoms. The van der Waals surface area contributed by atoms with Crippen LogP contribution >= 0.6 is 0 Å².